The second kappa shape index (κ2) is 13.1. The maximum absolute atomic E-state index is 9.63. The monoisotopic (exact) mass is 468 g/mol. The van der Waals surface area contributed by atoms with Crippen LogP contribution in [-0.4, -0.2) is 16.1 Å². The molecule has 30 heavy (non-hydrogen) atoms. The van der Waals surface area contributed by atoms with E-state index in [1.807, 2.05) is 24.3 Å². The van der Waals surface area contributed by atoms with Crippen molar-refractivity contribution in [1.82, 2.24) is 0 Å². The van der Waals surface area contributed by atoms with Crippen LogP contribution in [0.4, 0.5) is 0 Å². The number of rotatable bonds is 5. The molecule has 0 bridgehead atoms. The van der Waals surface area contributed by atoms with Gasteiger partial charge in [-0.15, -0.1) is 11.6 Å². The maximum atomic E-state index is 9.63. The van der Waals surface area contributed by atoms with Gasteiger partial charge in [0.2, 0.25) is 0 Å². The third-order valence-corrected chi connectivity index (χ3v) is 6.28. The number of halogens is 1. The minimum Gasteiger partial charge on any atom is -0.508 e. The first-order valence-electron chi connectivity index (χ1n) is 11.1. The number of allylic oxidation sites excluding steroid dienone is 1. The minimum atomic E-state index is 0. The van der Waals surface area contributed by atoms with Crippen LogP contribution in [0.25, 0.3) is 5.57 Å². The van der Waals surface area contributed by atoms with Crippen LogP contribution < -0.4 is 0 Å². The molecule has 2 fully saturated rings. The predicted octanol–water partition coefficient (Wildman–Crippen LogP) is 7.67. The Kier molecular flexibility index (Phi) is 10.9. The zero-order valence-electron chi connectivity index (χ0n) is 17.6. The summed E-state index contributed by atoms with van der Waals surface area (Å²) < 4.78 is 0. The van der Waals surface area contributed by atoms with Crippen LogP contribution in [0, 0.1) is 5.92 Å². The van der Waals surface area contributed by atoms with Crippen LogP contribution in [0.2, 0.25) is 0 Å². The van der Waals surface area contributed by atoms with Gasteiger partial charge in [0.05, 0.1) is 0 Å². The molecule has 0 unspecified atom stereocenters. The van der Waals surface area contributed by atoms with Gasteiger partial charge >= 0.3 is 0 Å². The van der Waals surface area contributed by atoms with Crippen molar-refractivity contribution in [2.24, 2.45) is 5.92 Å². The van der Waals surface area contributed by atoms with Crippen molar-refractivity contribution in [2.45, 2.75) is 64.2 Å². The summed E-state index contributed by atoms with van der Waals surface area (Å²) in [7, 11) is 0. The van der Waals surface area contributed by atoms with E-state index < -0.39 is 0 Å². The van der Waals surface area contributed by atoms with Gasteiger partial charge in [0.15, 0.2) is 0 Å². The van der Waals surface area contributed by atoms with E-state index in [1.165, 1.54) is 68.9 Å². The maximum Gasteiger partial charge on any atom is 0.115 e. The summed E-state index contributed by atoms with van der Waals surface area (Å²) >= 11 is 6.13. The molecule has 2 aliphatic rings. The zero-order valence-corrected chi connectivity index (χ0v) is 19.5. The Morgan fingerprint density at radius 1 is 0.700 bits per heavy atom. The van der Waals surface area contributed by atoms with E-state index in [2.05, 4.69) is 0 Å². The molecule has 0 aromatic heterocycles. The molecule has 0 radical (unpaired) electrons. The minimum absolute atomic E-state index is 0. The molecule has 0 amide bonds. The number of hydrogen-bond acceptors (Lipinski definition) is 2. The standard InChI is InChI=1S/C21H23ClO2.C5H10.Fe/c22-14-13-20(15-3-1-2-4-15)21(16-5-9-18(23)10-6-16)17-7-11-19(24)12-8-17;1-2-4-5-3-1;/h5-12,15,23-24H,1-4,13-14H2;1-5H2;. The van der Waals surface area contributed by atoms with E-state index in [0.717, 1.165) is 17.5 Å². The summed E-state index contributed by atoms with van der Waals surface area (Å²) in [5.74, 6) is 1.71. The van der Waals surface area contributed by atoms with Crippen molar-refractivity contribution in [3.8, 4) is 11.5 Å². The van der Waals surface area contributed by atoms with Crippen LogP contribution in [0.15, 0.2) is 54.1 Å². The van der Waals surface area contributed by atoms with Gasteiger partial charge in [-0.05, 0) is 66.1 Å². The van der Waals surface area contributed by atoms with Gasteiger partial charge in [0.25, 0.3) is 0 Å². The fraction of sp³-hybridized carbons (Fsp3) is 0.462. The molecular formula is C26H33ClFeO2. The zero-order chi connectivity index (χ0) is 20.5. The van der Waals surface area contributed by atoms with Crippen molar-refractivity contribution >= 4 is 17.2 Å². The Labute approximate surface area is 196 Å². The number of phenolic OH excluding ortho intramolecular Hbond substituents is 2. The van der Waals surface area contributed by atoms with Gasteiger partial charge in [0.1, 0.15) is 11.5 Å². The molecule has 0 aliphatic heterocycles. The fourth-order valence-corrected chi connectivity index (χ4v) is 4.79. The Morgan fingerprint density at radius 3 is 1.47 bits per heavy atom. The average Bonchev–Trinajstić information content (AvgIpc) is 3.47. The van der Waals surface area contributed by atoms with Crippen LogP contribution in [-0.2, 0) is 17.1 Å². The molecule has 2 aliphatic carbocycles. The van der Waals surface area contributed by atoms with Gasteiger partial charge in [-0.1, -0.05) is 74.8 Å². The van der Waals surface area contributed by atoms with E-state index >= 15 is 0 Å². The molecule has 2 aromatic rings. The van der Waals surface area contributed by atoms with E-state index in [9.17, 15) is 10.2 Å². The fourth-order valence-electron chi connectivity index (χ4n) is 4.59. The van der Waals surface area contributed by atoms with Gasteiger partial charge in [-0.25, -0.2) is 0 Å². The SMILES string of the molecule is C1CCCC1.Oc1ccc(C(=C(CCCl)C2CCCC2)c2ccc(O)cc2)cc1.[Fe]. The van der Waals surface area contributed by atoms with Crippen LogP contribution >= 0.6 is 11.6 Å². The van der Waals surface area contributed by atoms with E-state index in [-0.39, 0.29) is 28.6 Å². The summed E-state index contributed by atoms with van der Waals surface area (Å²) in [5.41, 5.74) is 4.78. The number of hydrogen-bond donors (Lipinski definition) is 2. The van der Waals surface area contributed by atoms with Crippen molar-refractivity contribution in [3.63, 3.8) is 0 Å². The quantitative estimate of drug-likeness (QED) is 0.349. The normalized spacial score (nSPS) is 15.8. The molecular weight excluding hydrogens is 436 g/mol. The molecule has 0 heterocycles. The van der Waals surface area contributed by atoms with Crippen LogP contribution in [0.1, 0.15) is 75.3 Å². The Morgan fingerprint density at radius 2 is 1.10 bits per heavy atom. The molecule has 2 N–H and O–H groups in total. The summed E-state index contributed by atoms with van der Waals surface area (Å²) in [5, 5.41) is 19.3. The summed E-state index contributed by atoms with van der Waals surface area (Å²) in [4.78, 5) is 0. The smallest absolute Gasteiger partial charge is 0.115 e. The summed E-state index contributed by atoms with van der Waals surface area (Å²) in [6, 6.07) is 14.7. The molecule has 0 spiro atoms. The van der Waals surface area contributed by atoms with Gasteiger partial charge in [-0.2, -0.15) is 0 Å². The molecule has 2 saturated carbocycles. The largest absolute Gasteiger partial charge is 0.508 e. The molecule has 0 saturated heterocycles. The predicted molar refractivity (Wildman–Crippen MR) is 123 cm³/mol. The number of aromatic hydroxyl groups is 2. The second-order valence-electron chi connectivity index (χ2n) is 8.18. The van der Waals surface area contributed by atoms with E-state index in [4.69, 9.17) is 11.6 Å². The molecule has 2 nitrogen and oxygen atoms in total. The first kappa shape index (κ1) is 24.9. The van der Waals surface area contributed by atoms with Gasteiger partial charge in [-0.3, -0.25) is 0 Å². The topological polar surface area (TPSA) is 40.5 Å². The van der Waals surface area contributed by atoms with Gasteiger partial charge in [0, 0.05) is 22.9 Å². The van der Waals surface area contributed by atoms with Crippen LogP contribution in [0.3, 0.4) is 0 Å². The Hall–Kier alpha value is -1.41. The molecule has 164 valence electrons. The third kappa shape index (κ3) is 7.08. The third-order valence-electron chi connectivity index (χ3n) is 6.09. The van der Waals surface area contributed by atoms with Crippen molar-refractivity contribution < 1.29 is 27.3 Å². The van der Waals surface area contributed by atoms with Gasteiger partial charge < -0.3 is 10.2 Å². The molecule has 2 aromatic carbocycles. The van der Waals surface area contributed by atoms with Crippen molar-refractivity contribution in [2.75, 3.05) is 5.88 Å². The summed E-state index contributed by atoms with van der Waals surface area (Å²) in [6.45, 7) is 0. The molecule has 4 rings (SSSR count). The summed E-state index contributed by atoms with van der Waals surface area (Å²) in [6.07, 6.45) is 13.3. The Bertz CT molecular complexity index is 719. The van der Waals surface area contributed by atoms with E-state index in [0.29, 0.717) is 11.8 Å². The first-order chi connectivity index (χ1) is 14.2. The average molecular weight is 469 g/mol. The van der Waals surface area contributed by atoms with Crippen molar-refractivity contribution in [1.29, 1.82) is 0 Å². The van der Waals surface area contributed by atoms with Crippen LogP contribution in [0.5, 0.6) is 11.5 Å². The molecule has 0 atom stereocenters. The first-order valence-corrected chi connectivity index (χ1v) is 11.6. The van der Waals surface area contributed by atoms with E-state index in [1.54, 1.807) is 24.3 Å². The second-order valence-corrected chi connectivity index (χ2v) is 8.56. The number of alkyl halides is 1. The molecule has 4 heteroatoms. The number of benzene rings is 2. The Balaban J connectivity index is 0.000000468. The number of phenols is 2. The van der Waals surface area contributed by atoms with Crippen molar-refractivity contribution in [3.05, 3.63) is 65.2 Å².